The molecule has 1 amide bonds. The van der Waals surface area contributed by atoms with Gasteiger partial charge in [0.25, 0.3) is 0 Å². The van der Waals surface area contributed by atoms with Gasteiger partial charge in [0, 0.05) is 31.6 Å². The van der Waals surface area contributed by atoms with E-state index >= 15 is 0 Å². The van der Waals surface area contributed by atoms with Crippen molar-refractivity contribution in [2.45, 2.75) is 70.4 Å². The molecule has 0 aromatic rings. The molecule has 0 saturated carbocycles. The molecule has 3 rings (SSSR count). The summed E-state index contributed by atoms with van der Waals surface area (Å²) in [5, 5.41) is 3.66. The summed E-state index contributed by atoms with van der Waals surface area (Å²) in [6.45, 7) is 4.29. The summed E-state index contributed by atoms with van der Waals surface area (Å²) in [6.07, 6.45) is 9.65. The monoisotopic (exact) mass is 264 g/mol. The van der Waals surface area contributed by atoms with Crippen molar-refractivity contribution in [1.29, 1.82) is 0 Å². The maximum absolute atomic E-state index is 12.4. The van der Waals surface area contributed by atoms with E-state index in [1.54, 1.807) is 0 Å². The van der Waals surface area contributed by atoms with Crippen LogP contribution in [-0.4, -0.2) is 36.0 Å². The number of rotatable bonds is 3. The lowest BCUT2D eigenvalue weighted by atomic mass is 9.88. The van der Waals surface area contributed by atoms with Crippen LogP contribution in [0.25, 0.3) is 0 Å². The molecule has 3 aliphatic heterocycles. The van der Waals surface area contributed by atoms with E-state index in [1.807, 2.05) is 0 Å². The highest BCUT2D eigenvalue weighted by molar-refractivity contribution is 5.76. The summed E-state index contributed by atoms with van der Waals surface area (Å²) in [6, 6.07) is 1.42. The number of carbonyl (C=O) groups excluding carboxylic acids is 1. The molecule has 0 radical (unpaired) electrons. The standard InChI is InChI=1S/C16H28N2O/c1-2-12-5-7-18(8-6-12)16(19)11-13-9-14-3-4-15(10-13)17-14/h12-15,17H,2-11H2,1H3. The Balaban J connectivity index is 1.46. The van der Waals surface area contributed by atoms with E-state index in [4.69, 9.17) is 0 Å². The molecule has 1 N–H and O–H groups in total. The van der Waals surface area contributed by atoms with Crippen LogP contribution >= 0.6 is 0 Å². The molecule has 108 valence electrons. The fourth-order valence-electron chi connectivity index (χ4n) is 4.31. The molecule has 19 heavy (non-hydrogen) atoms. The fraction of sp³-hybridized carbons (Fsp3) is 0.938. The van der Waals surface area contributed by atoms with Gasteiger partial charge in [0.2, 0.25) is 5.91 Å². The van der Waals surface area contributed by atoms with Crippen LogP contribution in [0, 0.1) is 11.8 Å². The third kappa shape index (κ3) is 3.13. The minimum atomic E-state index is 0.431. The third-order valence-electron chi connectivity index (χ3n) is 5.58. The predicted molar refractivity (Wildman–Crippen MR) is 76.9 cm³/mol. The van der Waals surface area contributed by atoms with Gasteiger partial charge in [-0.3, -0.25) is 4.79 Å². The normalized spacial score (nSPS) is 35.6. The maximum Gasteiger partial charge on any atom is 0.222 e. The van der Waals surface area contributed by atoms with Gasteiger partial charge in [-0.25, -0.2) is 0 Å². The van der Waals surface area contributed by atoms with Gasteiger partial charge in [-0.1, -0.05) is 13.3 Å². The van der Waals surface area contributed by atoms with Crippen LogP contribution in [0.5, 0.6) is 0 Å². The molecule has 2 atom stereocenters. The number of nitrogens with one attached hydrogen (secondary N) is 1. The van der Waals surface area contributed by atoms with Crippen LogP contribution in [0.4, 0.5) is 0 Å². The highest BCUT2D eigenvalue weighted by Crippen LogP contribution is 2.33. The topological polar surface area (TPSA) is 32.3 Å². The minimum Gasteiger partial charge on any atom is -0.343 e. The lowest BCUT2D eigenvalue weighted by molar-refractivity contribution is -0.133. The Bertz CT molecular complexity index is 311. The maximum atomic E-state index is 12.4. The van der Waals surface area contributed by atoms with Crippen molar-refractivity contribution in [1.82, 2.24) is 10.2 Å². The van der Waals surface area contributed by atoms with Crippen LogP contribution in [-0.2, 0) is 4.79 Å². The first kappa shape index (κ1) is 13.4. The SMILES string of the molecule is CCC1CCN(C(=O)CC2CC3CCC(C2)N3)CC1. The molecule has 0 aliphatic carbocycles. The second kappa shape index (κ2) is 5.82. The van der Waals surface area contributed by atoms with Gasteiger partial charge >= 0.3 is 0 Å². The Kier molecular flexibility index (Phi) is 4.11. The Morgan fingerprint density at radius 1 is 1.05 bits per heavy atom. The average molecular weight is 264 g/mol. The highest BCUT2D eigenvalue weighted by atomic mass is 16.2. The van der Waals surface area contributed by atoms with Crippen molar-refractivity contribution < 1.29 is 4.79 Å². The summed E-state index contributed by atoms with van der Waals surface area (Å²) >= 11 is 0. The molecule has 0 aromatic carbocycles. The summed E-state index contributed by atoms with van der Waals surface area (Å²) in [7, 11) is 0. The smallest absolute Gasteiger partial charge is 0.222 e. The third-order valence-corrected chi connectivity index (χ3v) is 5.58. The molecule has 3 heteroatoms. The van der Waals surface area contributed by atoms with Crippen LogP contribution in [0.3, 0.4) is 0 Å². The van der Waals surface area contributed by atoms with Gasteiger partial charge in [0.1, 0.15) is 0 Å². The first-order valence-corrected chi connectivity index (χ1v) is 8.28. The first-order chi connectivity index (χ1) is 9.24. The minimum absolute atomic E-state index is 0.431. The van der Waals surface area contributed by atoms with Crippen molar-refractivity contribution in [3.63, 3.8) is 0 Å². The Morgan fingerprint density at radius 3 is 2.26 bits per heavy atom. The highest BCUT2D eigenvalue weighted by Gasteiger charge is 2.35. The molecule has 3 fully saturated rings. The summed E-state index contributed by atoms with van der Waals surface area (Å²) in [4.78, 5) is 14.5. The molecule has 0 aromatic heterocycles. The molecule has 3 aliphatic rings. The Hall–Kier alpha value is -0.570. The van der Waals surface area contributed by atoms with Crippen molar-refractivity contribution in [3.05, 3.63) is 0 Å². The summed E-state index contributed by atoms with van der Waals surface area (Å²) in [5.41, 5.74) is 0. The van der Waals surface area contributed by atoms with E-state index in [1.165, 1.54) is 44.9 Å². The Morgan fingerprint density at radius 2 is 1.68 bits per heavy atom. The zero-order chi connectivity index (χ0) is 13.2. The lowest BCUT2D eigenvalue weighted by Crippen LogP contribution is -2.42. The number of fused-ring (bicyclic) bond motifs is 2. The van der Waals surface area contributed by atoms with Crippen molar-refractivity contribution in [2.75, 3.05) is 13.1 Å². The van der Waals surface area contributed by atoms with Gasteiger partial charge < -0.3 is 10.2 Å². The number of nitrogens with zero attached hydrogens (tertiary/aromatic N) is 1. The molecule has 2 bridgehead atoms. The van der Waals surface area contributed by atoms with Crippen molar-refractivity contribution in [2.24, 2.45) is 11.8 Å². The molecular formula is C16H28N2O. The zero-order valence-corrected chi connectivity index (χ0v) is 12.2. The number of amides is 1. The summed E-state index contributed by atoms with van der Waals surface area (Å²) in [5.74, 6) is 1.94. The largest absolute Gasteiger partial charge is 0.343 e. The second-order valence-electron chi connectivity index (χ2n) is 6.91. The van der Waals surface area contributed by atoms with Gasteiger partial charge in [-0.15, -0.1) is 0 Å². The van der Waals surface area contributed by atoms with E-state index in [9.17, 15) is 4.79 Å². The second-order valence-corrected chi connectivity index (χ2v) is 6.91. The molecule has 3 nitrogen and oxygen atoms in total. The molecule has 3 heterocycles. The molecule has 3 saturated heterocycles. The van der Waals surface area contributed by atoms with E-state index in [0.29, 0.717) is 23.9 Å². The van der Waals surface area contributed by atoms with E-state index in [0.717, 1.165) is 25.4 Å². The first-order valence-electron chi connectivity index (χ1n) is 8.28. The molecular weight excluding hydrogens is 236 g/mol. The zero-order valence-electron chi connectivity index (χ0n) is 12.2. The molecule has 0 spiro atoms. The van der Waals surface area contributed by atoms with Gasteiger partial charge in [-0.2, -0.15) is 0 Å². The predicted octanol–water partition coefficient (Wildman–Crippen LogP) is 2.56. The average Bonchev–Trinajstić information content (AvgIpc) is 2.78. The van der Waals surface area contributed by atoms with Crippen LogP contribution in [0.2, 0.25) is 0 Å². The van der Waals surface area contributed by atoms with Crippen LogP contribution < -0.4 is 5.32 Å². The van der Waals surface area contributed by atoms with Crippen LogP contribution in [0.15, 0.2) is 0 Å². The van der Waals surface area contributed by atoms with Crippen molar-refractivity contribution in [3.8, 4) is 0 Å². The van der Waals surface area contributed by atoms with E-state index in [-0.39, 0.29) is 0 Å². The molecule has 2 unspecified atom stereocenters. The fourth-order valence-corrected chi connectivity index (χ4v) is 4.31. The quantitative estimate of drug-likeness (QED) is 0.849. The number of carbonyl (C=O) groups is 1. The number of piperidine rings is 2. The van der Waals surface area contributed by atoms with Gasteiger partial charge in [0.05, 0.1) is 0 Å². The van der Waals surface area contributed by atoms with E-state index in [2.05, 4.69) is 17.1 Å². The lowest BCUT2D eigenvalue weighted by Gasteiger charge is -2.34. The van der Waals surface area contributed by atoms with Crippen molar-refractivity contribution >= 4 is 5.91 Å². The van der Waals surface area contributed by atoms with Gasteiger partial charge in [0.15, 0.2) is 0 Å². The summed E-state index contributed by atoms with van der Waals surface area (Å²) < 4.78 is 0. The number of hydrogen-bond donors (Lipinski definition) is 1. The number of hydrogen-bond acceptors (Lipinski definition) is 2. The number of likely N-dealkylation sites (tertiary alicyclic amines) is 1. The van der Waals surface area contributed by atoms with E-state index < -0.39 is 0 Å². The Labute approximate surface area is 117 Å². The van der Waals surface area contributed by atoms with Crippen LogP contribution in [0.1, 0.15) is 58.3 Å². The van der Waals surface area contributed by atoms with Gasteiger partial charge in [-0.05, 0) is 50.4 Å².